The quantitative estimate of drug-likeness (QED) is 0.858. The molecule has 0 atom stereocenters. The van der Waals surface area contributed by atoms with E-state index >= 15 is 0 Å². The highest BCUT2D eigenvalue weighted by molar-refractivity contribution is 8.16. The molecule has 0 bridgehead atoms. The summed E-state index contributed by atoms with van der Waals surface area (Å²) in [5.41, 5.74) is 2.09. The molecule has 0 spiro atoms. The first kappa shape index (κ1) is 14.0. The smallest absolute Gasteiger partial charge is 0.239 e. The molecule has 108 valence electrons. The summed E-state index contributed by atoms with van der Waals surface area (Å²) in [7, 11) is 0. The second kappa shape index (κ2) is 6.22. The third kappa shape index (κ3) is 3.03. The molecule has 0 unspecified atom stereocenters. The van der Waals surface area contributed by atoms with Gasteiger partial charge in [0.2, 0.25) is 11.8 Å². The first-order valence-corrected chi connectivity index (χ1v) is 8.81. The van der Waals surface area contributed by atoms with Crippen molar-refractivity contribution in [1.29, 1.82) is 0 Å². The molecule has 3 rings (SSSR count). The molecule has 5 nitrogen and oxygen atoms in total. The minimum absolute atomic E-state index is 0.309. The van der Waals surface area contributed by atoms with Gasteiger partial charge in [0.1, 0.15) is 10.3 Å². The fourth-order valence-electron chi connectivity index (χ4n) is 2.18. The topological polar surface area (TPSA) is 65.0 Å². The van der Waals surface area contributed by atoms with E-state index in [1.807, 2.05) is 37.4 Å². The van der Waals surface area contributed by atoms with Gasteiger partial charge in [0.15, 0.2) is 0 Å². The fourth-order valence-corrected chi connectivity index (χ4v) is 4.85. The summed E-state index contributed by atoms with van der Waals surface area (Å²) in [6.07, 6.45) is 2.82. The van der Waals surface area contributed by atoms with Crippen LogP contribution in [0.15, 0.2) is 8.94 Å². The van der Waals surface area contributed by atoms with E-state index in [0.717, 1.165) is 35.7 Å². The molecule has 1 aliphatic rings. The monoisotopic (exact) mass is 311 g/mol. The Hall–Kier alpha value is -0.950. The molecule has 0 amide bonds. The van der Waals surface area contributed by atoms with Crippen molar-refractivity contribution in [2.75, 3.05) is 11.5 Å². The van der Waals surface area contributed by atoms with Crippen LogP contribution in [0.5, 0.6) is 0 Å². The standard InChI is InChI=1S/C13H17N3O2S2/c1-8-10(9(2)18-16-8)4-5-11-14-15-12(17-11)13-19-6-3-7-20-13/h13H,3-7H2,1-2H3. The van der Waals surface area contributed by atoms with Gasteiger partial charge in [-0.1, -0.05) is 5.16 Å². The highest BCUT2D eigenvalue weighted by Crippen LogP contribution is 2.42. The van der Waals surface area contributed by atoms with E-state index in [4.69, 9.17) is 8.94 Å². The number of thioether (sulfide) groups is 2. The van der Waals surface area contributed by atoms with Crippen molar-refractivity contribution in [2.24, 2.45) is 0 Å². The summed E-state index contributed by atoms with van der Waals surface area (Å²) in [5.74, 6) is 4.68. The third-order valence-electron chi connectivity index (χ3n) is 3.28. The van der Waals surface area contributed by atoms with Gasteiger partial charge in [-0.25, -0.2) is 0 Å². The van der Waals surface area contributed by atoms with Crippen LogP contribution in [0.25, 0.3) is 0 Å². The molecule has 0 aromatic carbocycles. The molecule has 3 heterocycles. The van der Waals surface area contributed by atoms with Crippen molar-refractivity contribution in [3.8, 4) is 0 Å². The Morgan fingerprint density at radius 2 is 1.95 bits per heavy atom. The zero-order valence-corrected chi connectivity index (χ0v) is 13.2. The lowest BCUT2D eigenvalue weighted by molar-refractivity contribution is 0.392. The Labute approximate surface area is 126 Å². The molecule has 0 N–H and O–H groups in total. The molecule has 1 fully saturated rings. The van der Waals surface area contributed by atoms with Crippen LogP contribution < -0.4 is 0 Å². The Kier molecular flexibility index (Phi) is 4.35. The first-order valence-electron chi connectivity index (χ1n) is 6.71. The zero-order chi connectivity index (χ0) is 13.9. The van der Waals surface area contributed by atoms with Crippen LogP contribution in [-0.4, -0.2) is 26.9 Å². The van der Waals surface area contributed by atoms with E-state index in [0.29, 0.717) is 10.5 Å². The van der Waals surface area contributed by atoms with Gasteiger partial charge in [0.05, 0.1) is 5.69 Å². The molecule has 7 heteroatoms. The molecular formula is C13H17N3O2S2. The molecule has 0 aliphatic carbocycles. The number of nitrogens with zero attached hydrogens (tertiary/aromatic N) is 3. The van der Waals surface area contributed by atoms with E-state index in [-0.39, 0.29) is 0 Å². The molecule has 2 aromatic rings. The Morgan fingerprint density at radius 1 is 1.15 bits per heavy atom. The van der Waals surface area contributed by atoms with Crippen LogP contribution in [0.1, 0.15) is 39.8 Å². The maximum atomic E-state index is 5.79. The Bertz CT molecular complexity index is 556. The predicted octanol–water partition coefficient (Wildman–Crippen LogP) is 3.33. The van der Waals surface area contributed by atoms with Crippen molar-refractivity contribution in [3.63, 3.8) is 0 Å². The minimum atomic E-state index is 0.309. The van der Waals surface area contributed by atoms with Gasteiger partial charge in [-0.2, -0.15) is 0 Å². The van der Waals surface area contributed by atoms with Gasteiger partial charge in [-0.05, 0) is 38.2 Å². The second-order valence-electron chi connectivity index (χ2n) is 4.76. The molecule has 0 radical (unpaired) electrons. The van der Waals surface area contributed by atoms with E-state index in [1.165, 1.54) is 17.9 Å². The number of rotatable bonds is 4. The summed E-state index contributed by atoms with van der Waals surface area (Å²) in [6, 6.07) is 0. The van der Waals surface area contributed by atoms with Gasteiger partial charge in [-0.3, -0.25) is 0 Å². The van der Waals surface area contributed by atoms with Gasteiger partial charge in [0, 0.05) is 12.0 Å². The van der Waals surface area contributed by atoms with Crippen molar-refractivity contribution in [2.45, 2.75) is 37.7 Å². The molecular weight excluding hydrogens is 294 g/mol. The van der Waals surface area contributed by atoms with Crippen LogP contribution in [-0.2, 0) is 12.8 Å². The van der Waals surface area contributed by atoms with E-state index in [1.54, 1.807) is 0 Å². The van der Waals surface area contributed by atoms with E-state index < -0.39 is 0 Å². The molecule has 2 aromatic heterocycles. The summed E-state index contributed by atoms with van der Waals surface area (Å²) < 4.78 is 11.3. The van der Waals surface area contributed by atoms with E-state index in [2.05, 4.69) is 15.4 Å². The highest BCUT2D eigenvalue weighted by Gasteiger charge is 2.22. The van der Waals surface area contributed by atoms with Gasteiger partial charge in [-0.15, -0.1) is 33.7 Å². The Morgan fingerprint density at radius 3 is 2.65 bits per heavy atom. The van der Waals surface area contributed by atoms with Crippen molar-refractivity contribution in [3.05, 3.63) is 28.8 Å². The third-order valence-corrected chi connectivity index (χ3v) is 6.16. The van der Waals surface area contributed by atoms with Gasteiger partial charge in [0.25, 0.3) is 0 Å². The predicted molar refractivity (Wildman–Crippen MR) is 80.0 cm³/mol. The van der Waals surface area contributed by atoms with Crippen LogP contribution in [0.4, 0.5) is 0 Å². The SMILES string of the molecule is Cc1noc(C)c1CCc1nnc(C2SCCCS2)o1. The summed E-state index contributed by atoms with van der Waals surface area (Å²) in [6.45, 7) is 3.89. The zero-order valence-electron chi connectivity index (χ0n) is 11.6. The van der Waals surface area contributed by atoms with Crippen LogP contribution in [0, 0.1) is 13.8 Å². The summed E-state index contributed by atoms with van der Waals surface area (Å²) in [4.78, 5) is 0. The van der Waals surface area contributed by atoms with Crippen LogP contribution in [0.2, 0.25) is 0 Å². The number of aromatic nitrogens is 3. The highest BCUT2D eigenvalue weighted by atomic mass is 32.2. The van der Waals surface area contributed by atoms with Gasteiger partial charge >= 0.3 is 0 Å². The maximum Gasteiger partial charge on any atom is 0.239 e. The normalized spacial score (nSPS) is 16.7. The Balaban J connectivity index is 1.62. The molecule has 1 saturated heterocycles. The van der Waals surface area contributed by atoms with Crippen LogP contribution >= 0.6 is 23.5 Å². The minimum Gasteiger partial charge on any atom is -0.423 e. The maximum absolute atomic E-state index is 5.79. The van der Waals surface area contributed by atoms with Crippen molar-refractivity contribution >= 4 is 23.5 Å². The first-order chi connectivity index (χ1) is 9.74. The number of aryl methyl sites for hydroxylation is 3. The second-order valence-corrected chi connectivity index (χ2v) is 7.49. The van der Waals surface area contributed by atoms with Crippen molar-refractivity contribution in [1.82, 2.24) is 15.4 Å². The average Bonchev–Trinajstić information content (AvgIpc) is 3.06. The lowest BCUT2D eigenvalue weighted by Gasteiger charge is -2.16. The van der Waals surface area contributed by atoms with E-state index in [9.17, 15) is 0 Å². The molecule has 0 saturated carbocycles. The average molecular weight is 311 g/mol. The lowest BCUT2D eigenvalue weighted by Crippen LogP contribution is -2.00. The summed E-state index contributed by atoms with van der Waals surface area (Å²) >= 11 is 3.78. The number of hydrogen-bond acceptors (Lipinski definition) is 7. The largest absolute Gasteiger partial charge is 0.423 e. The molecule has 20 heavy (non-hydrogen) atoms. The van der Waals surface area contributed by atoms with Crippen LogP contribution in [0.3, 0.4) is 0 Å². The summed E-state index contributed by atoms with van der Waals surface area (Å²) in [5, 5.41) is 12.3. The fraction of sp³-hybridized carbons (Fsp3) is 0.615. The lowest BCUT2D eigenvalue weighted by atomic mass is 10.1. The molecule has 1 aliphatic heterocycles. The van der Waals surface area contributed by atoms with Crippen molar-refractivity contribution < 1.29 is 8.94 Å². The van der Waals surface area contributed by atoms with Gasteiger partial charge < -0.3 is 8.94 Å². The number of hydrogen-bond donors (Lipinski definition) is 0.